The van der Waals surface area contributed by atoms with Crippen molar-refractivity contribution in [2.24, 2.45) is 0 Å². The van der Waals surface area contributed by atoms with Crippen molar-refractivity contribution in [3.05, 3.63) is 218 Å². The summed E-state index contributed by atoms with van der Waals surface area (Å²) in [6, 6.07) is 79.8. The van der Waals surface area contributed by atoms with Crippen LogP contribution in [0.15, 0.2) is 218 Å². The van der Waals surface area contributed by atoms with Crippen molar-refractivity contribution < 1.29 is 21.1 Å². The van der Waals surface area contributed by atoms with Gasteiger partial charge in [-0.3, -0.25) is 0 Å². The molecular weight excluding hydrogens is 1000 g/mol. The first-order chi connectivity index (χ1) is 26.8. The zero-order chi connectivity index (χ0) is 36.4. The van der Waals surface area contributed by atoms with E-state index in [1.54, 1.807) is 17.6 Å². The van der Waals surface area contributed by atoms with Crippen LogP contribution in [0.2, 0.25) is 0 Å². The van der Waals surface area contributed by atoms with Gasteiger partial charge >= 0.3 is 189 Å². The number of benzene rings is 8. The molecule has 8 aromatic rings. The molecule has 0 saturated heterocycles. The molecule has 8 aromatic carbocycles. The number of fused-ring (bicyclic) bond motifs is 6. The Hall–Kier alpha value is -3.61. The molecule has 0 aliphatic carbocycles. The molecule has 0 atom stereocenters. The Morgan fingerprint density at radius 2 is 0.455 bits per heavy atom. The summed E-state index contributed by atoms with van der Waals surface area (Å²) in [5.41, 5.74) is 5.94. The molecule has 0 bridgehead atoms. The van der Waals surface area contributed by atoms with Crippen molar-refractivity contribution in [3.8, 4) is 22.3 Å². The first-order valence-electron chi connectivity index (χ1n) is 18.8. The molecule has 0 N–H and O–H groups in total. The van der Waals surface area contributed by atoms with E-state index in [2.05, 4.69) is 218 Å². The molecule has 0 aromatic heterocycles. The predicted octanol–water partition coefficient (Wildman–Crippen LogP) is 6.82. The Kier molecular flexibility index (Phi) is 14.4. The minimum absolute atomic E-state index is 0. The van der Waals surface area contributed by atoms with E-state index in [-0.39, 0.29) is 51.9 Å². The van der Waals surface area contributed by atoms with E-state index < -0.39 is 15.8 Å². The number of hydrogen-bond acceptors (Lipinski definition) is 0. The Morgan fingerprint density at radius 1 is 0.255 bits per heavy atom. The molecule has 2 aliphatic heterocycles. The van der Waals surface area contributed by atoms with Crippen LogP contribution in [0.5, 0.6) is 0 Å². The Morgan fingerprint density at radius 3 is 0.691 bits per heavy atom. The first-order valence-corrected chi connectivity index (χ1v) is 27.1. The van der Waals surface area contributed by atoms with Crippen molar-refractivity contribution in [2.45, 2.75) is 0 Å². The molecule has 0 saturated carbocycles. The van der Waals surface area contributed by atoms with Crippen LogP contribution in [0.3, 0.4) is 0 Å². The summed E-state index contributed by atoms with van der Waals surface area (Å²) in [7, 11) is -1.57. The van der Waals surface area contributed by atoms with Crippen molar-refractivity contribution in [1.29, 1.82) is 0 Å². The molecule has 10 rings (SSSR count). The summed E-state index contributed by atoms with van der Waals surface area (Å²) in [4.78, 5) is 0. The van der Waals surface area contributed by atoms with Gasteiger partial charge in [-0.05, 0) is 48.5 Å². The standard InChI is InChI=1S/C26H24P2.2C12H9Ge.Pt/c1-5-13-23(14-6-1)27(24-15-7-2-8-16-24)21-22-28(25-17-9-3-10-18-25)26-19-11-4-12-20-26;2*1-3-7-11-9(5-1)10-6-2-4-8-12(10)13-11;/h1-20H,21-22H2;2*1-8,13H;/q;;;+2/p+2. The topological polar surface area (TPSA) is 0 Å². The van der Waals surface area contributed by atoms with Gasteiger partial charge in [0.05, 0.1) is 37.1 Å². The summed E-state index contributed by atoms with van der Waals surface area (Å²) >= 11 is -0.636. The molecule has 268 valence electrons. The maximum atomic E-state index is 2.32. The fraction of sp³-hybridized carbons (Fsp3) is 0.0400. The summed E-state index contributed by atoms with van der Waals surface area (Å²) < 4.78 is 6.47. The number of hydrogen-bond donors (Lipinski definition) is 0. The molecular formula is C50H44Ge2P2Pt+4. The van der Waals surface area contributed by atoms with E-state index in [0.29, 0.717) is 0 Å². The minimum atomic E-state index is -0.783. The average Bonchev–Trinajstić information content (AvgIpc) is 3.83. The molecule has 0 spiro atoms. The van der Waals surface area contributed by atoms with Gasteiger partial charge in [-0.25, -0.2) is 0 Å². The second kappa shape index (κ2) is 20.0. The van der Waals surface area contributed by atoms with Gasteiger partial charge in [0, 0.05) is 0 Å². The Labute approximate surface area is 356 Å². The van der Waals surface area contributed by atoms with Gasteiger partial charge in [0.2, 0.25) is 0 Å². The van der Waals surface area contributed by atoms with Crippen molar-refractivity contribution in [2.75, 3.05) is 12.3 Å². The van der Waals surface area contributed by atoms with Gasteiger partial charge in [0.1, 0.15) is 12.3 Å². The van der Waals surface area contributed by atoms with E-state index in [4.69, 9.17) is 0 Å². The van der Waals surface area contributed by atoms with Crippen LogP contribution < -0.4 is 38.8 Å². The molecule has 0 nitrogen and oxygen atoms in total. The summed E-state index contributed by atoms with van der Waals surface area (Å²) in [6.07, 6.45) is 2.52. The predicted molar refractivity (Wildman–Crippen MR) is 247 cm³/mol. The quantitative estimate of drug-likeness (QED) is 0.122. The zero-order valence-corrected chi connectivity index (χ0v) is 39.8. The Bertz CT molecular complexity index is 2070. The van der Waals surface area contributed by atoms with Crippen LogP contribution in [0.4, 0.5) is 0 Å². The SMILES string of the molecule is [Pt+2].c1ccc([PH+](CC[PH+](c2ccccc2)c2ccccc2)c2ccccc2)cc1.c1ccc2[c](c1)[GeH][c]1ccccc1-2.c1ccc2[c](c1)[GeH][c]1ccccc1-2. The summed E-state index contributed by atoms with van der Waals surface area (Å²) in [5, 5.41) is 6.06. The van der Waals surface area contributed by atoms with Gasteiger partial charge in [-0.1, -0.05) is 72.8 Å². The molecule has 0 amide bonds. The molecule has 5 heteroatoms. The van der Waals surface area contributed by atoms with Gasteiger partial charge in [-0.2, -0.15) is 0 Å². The van der Waals surface area contributed by atoms with Crippen LogP contribution in [-0.2, 0) is 21.1 Å². The van der Waals surface area contributed by atoms with Crippen molar-refractivity contribution in [3.63, 3.8) is 0 Å². The van der Waals surface area contributed by atoms with Gasteiger partial charge in [0.15, 0.2) is 0 Å². The van der Waals surface area contributed by atoms with Crippen LogP contribution in [-0.4, -0.2) is 43.2 Å². The third kappa shape index (κ3) is 9.86. The van der Waals surface area contributed by atoms with E-state index in [9.17, 15) is 0 Å². The fourth-order valence-corrected chi connectivity index (χ4v) is 20.3. The molecule has 2 heterocycles. The second-order valence-electron chi connectivity index (χ2n) is 13.6. The number of rotatable bonds is 7. The van der Waals surface area contributed by atoms with Crippen LogP contribution in [0.25, 0.3) is 22.3 Å². The third-order valence-corrected chi connectivity index (χ3v) is 23.1. The second-order valence-corrected chi connectivity index (χ2v) is 25.2. The molecule has 0 unspecified atom stereocenters. The van der Waals surface area contributed by atoms with Crippen molar-refractivity contribution >= 4 is 85.5 Å². The van der Waals surface area contributed by atoms with E-state index in [0.717, 1.165) is 0 Å². The molecule has 55 heavy (non-hydrogen) atoms. The normalized spacial score (nSPS) is 11.5. The van der Waals surface area contributed by atoms with E-state index in [1.165, 1.54) is 55.8 Å². The average molecular weight is 1050 g/mol. The van der Waals surface area contributed by atoms with Gasteiger partial charge < -0.3 is 0 Å². The summed E-state index contributed by atoms with van der Waals surface area (Å²) in [5.74, 6) is 0. The van der Waals surface area contributed by atoms with Gasteiger partial charge in [0.25, 0.3) is 0 Å². The first kappa shape index (κ1) is 39.6. The van der Waals surface area contributed by atoms with Crippen molar-refractivity contribution in [1.82, 2.24) is 0 Å². The van der Waals surface area contributed by atoms with E-state index >= 15 is 0 Å². The Balaban J connectivity index is 0.000000142. The third-order valence-electron chi connectivity index (χ3n) is 10.2. The molecule has 2 aliphatic rings. The monoisotopic (exact) mass is 1050 g/mol. The van der Waals surface area contributed by atoms with Gasteiger partial charge in [-0.15, -0.1) is 0 Å². The fourth-order valence-electron chi connectivity index (χ4n) is 7.53. The van der Waals surface area contributed by atoms with Crippen LogP contribution >= 0.6 is 15.8 Å². The van der Waals surface area contributed by atoms with Crippen LogP contribution in [0.1, 0.15) is 0 Å². The van der Waals surface area contributed by atoms with E-state index in [1.807, 2.05) is 0 Å². The van der Waals surface area contributed by atoms with Crippen LogP contribution in [0, 0.1) is 0 Å². The zero-order valence-electron chi connectivity index (χ0n) is 30.7. The maximum absolute atomic E-state index is 2.32. The molecule has 0 fully saturated rings. The summed E-state index contributed by atoms with van der Waals surface area (Å²) in [6.45, 7) is 0. The molecule has 2 radical (unpaired) electrons.